The number of nitrogens with one attached hydrogen (secondary N) is 1. The van der Waals surface area contributed by atoms with Crippen LogP contribution in [0.5, 0.6) is 0 Å². The highest BCUT2D eigenvalue weighted by Crippen LogP contribution is 2.29. The predicted molar refractivity (Wildman–Crippen MR) is 120 cm³/mol. The molecule has 5 nitrogen and oxygen atoms in total. The molecule has 3 amide bonds. The summed E-state index contributed by atoms with van der Waals surface area (Å²) in [5.41, 5.74) is 2.27. The number of nitrogens with zero attached hydrogens (tertiary/aromatic N) is 2. The van der Waals surface area contributed by atoms with Gasteiger partial charge in [0, 0.05) is 24.5 Å². The molecule has 3 aromatic carbocycles. The number of benzene rings is 3. The lowest BCUT2D eigenvalue weighted by atomic mass is 10.1. The molecule has 1 saturated heterocycles. The Labute approximate surface area is 181 Å². The number of rotatable bonds is 5. The fourth-order valence-corrected chi connectivity index (χ4v) is 3.85. The number of hydrogen-bond donors (Lipinski definition) is 1. The molecule has 1 aliphatic rings. The Hall–Kier alpha value is -3.67. The van der Waals surface area contributed by atoms with E-state index in [1.54, 1.807) is 29.2 Å². The summed E-state index contributed by atoms with van der Waals surface area (Å²) in [6.07, 6.45) is 0.842. The van der Waals surface area contributed by atoms with E-state index in [1.165, 1.54) is 18.2 Å². The minimum absolute atomic E-state index is 0.0233. The highest BCUT2D eigenvalue weighted by atomic mass is 19.1. The first kappa shape index (κ1) is 20.6. The highest BCUT2D eigenvalue weighted by Gasteiger charge is 2.30. The SMILES string of the molecule is CC(c1ccccc1)N1CCCN(c2cccc(NC(=O)c3ccccc3F)c2)C1=O. The van der Waals surface area contributed by atoms with E-state index in [1.807, 2.05) is 48.2 Å². The predicted octanol–water partition coefficient (Wildman–Crippen LogP) is 5.47. The fourth-order valence-electron chi connectivity index (χ4n) is 3.85. The summed E-state index contributed by atoms with van der Waals surface area (Å²) in [6.45, 7) is 3.32. The molecule has 0 bridgehead atoms. The lowest BCUT2D eigenvalue weighted by Gasteiger charge is -2.39. The summed E-state index contributed by atoms with van der Waals surface area (Å²) in [6, 6.07) is 22.8. The number of urea groups is 1. The van der Waals surface area contributed by atoms with Gasteiger partial charge in [-0.2, -0.15) is 0 Å². The maximum Gasteiger partial charge on any atom is 0.324 e. The molecule has 3 aromatic rings. The molecule has 1 unspecified atom stereocenters. The molecule has 0 aliphatic carbocycles. The van der Waals surface area contributed by atoms with Crippen LogP contribution in [-0.2, 0) is 0 Å². The summed E-state index contributed by atoms with van der Waals surface area (Å²) in [5, 5.41) is 2.72. The number of carbonyl (C=O) groups is 2. The molecule has 1 N–H and O–H groups in total. The van der Waals surface area contributed by atoms with Crippen molar-refractivity contribution in [1.82, 2.24) is 4.90 Å². The Bertz CT molecular complexity index is 1090. The summed E-state index contributed by atoms with van der Waals surface area (Å²) in [5.74, 6) is -1.10. The van der Waals surface area contributed by atoms with Gasteiger partial charge in [0.2, 0.25) is 0 Å². The Kier molecular flexibility index (Phi) is 5.98. The van der Waals surface area contributed by atoms with E-state index in [9.17, 15) is 14.0 Å². The van der Waals surface area contributed by atoms with Crippen molar-refractivity contribution in [2.24, 2.45) is 0 Å². The Morgan fingerprint density at radius 2 is 1.71 bits per heavy atom. The molecule has 0 aromatic heterocycles. The molecular formula is C25H24FN3O2. The van der Waals surface area contributed by atoms with Crippen LogP contribution in [0.25, 0.3) is 0 Å². The van der Waals surface area contributed by atoms with Crippen molar-refractivity contribution in [3.8, 4) is 0 Å². The van der Waals surface area contributed by atoms with Gasteiger partial charge in [-0.25, -0.2) is 9.18 Å². The summed E-state index contributed by atoms with van der Waals surface area (Å²) >= 11 is 0. The maximum atomic E-state index is 13.9. The van der Waals surface area contributed by atoms with Crippen LogP contribution in [-0.4, -0.2) is 29.9 Å². The van der Waals surface area contributed by atoms with Gasteiger partial charge in [0.15, 0.2) is 0 Å². The van der Waals surface area contributed by atoms with Gasteiger partial charge in [0.25, 0.3) is 5.91 Å². The highest BCUT2D eigenvalue weighted by molar-refractivity contribution is 6.05. The maximum absolute atomic E-state index is 13.9. The van der Waals surface area contributed by atoms with Gasteiger partial charge in [0.05, 0.1) is 11.6 Å². The van der Waals surface area contributed by atoms with Crippen LogP contribution < -0.4 is 10.2 Å². The van der Waals surface area contributed by atoms with E-state index in [0.717, 1.165) is 12.0 Å². The van der Waals surface area contributed by atoms with Gasteiger partial charge in [-0.3, -0.25) is 9.69 Å². The zero-order valence-electron chi connectivity index (χ0n) is 17.3. The van der Waals surface area contributed by atoms with Gasteiger partial charge in [-0.1, -0.05) is 48.5 Å². The van der Waals surface area contributed by atoms with Crippen LogP contribution in [0.15, 0.2) is 78.9 Å². The van der Waals surface area contributed by atoms with Gasteiger partial charge in [0.1, 0.15) is 5.82 Å². The zero-order valence-corrected chi connectivity index (χ0v) is 17.3. The zero-order chi connectivity index (χ0) is 21.8. The molecular weight excluding hydrogens is 393 g/mol. The Morgan fingerprint density at radius 1 is 0.968 bits per heavy atom. The molecule has 0 spiro atoms. The number of anilines is 2. The molecule has 0 saturated carbocycles. The molecule has 6 heteroatoms. The van der Waals surface area contributed by atoms with Crippen molar-refractivity contribution in [3.63, 3.8) is 0 Å². The number of halogens is 1. The lowest BCUT2D eigenvalue weighted by molar-refractivity contribution is 0.102. The average molecular weight is 417 g/mol. The third-order valence-corrected chi connectivity index (χ3v) is 5.54. The van der Waals surface area contributed by atoms with E-state index < -0.39 is 11.7 Å². The first-order valence-corrected chi connectivity index (χ1v) is 10.3. The third-order valence-electron chi connectivity index (χ3n) is 5.54. The molecule has 1 aliphatic heterocycles. The van der Waals surface area contributed by atoms with E-state index in [2.05, 4.69) is 5.32 Å². The molecule has 158 valence electrons. The largest absolute Gasteiger partial charge is 0.324 e. The third kappa shape index (κ3) is 4.43. The Balaban J connectivity index is 1.52. The number of amides is 3. The van der Waals surface area contributed by atoms with Gasteiger partial charge in [-0.05, 0) is 49.2 Å². The van der Waals surface area contributed by atoms with Gasteiger partial charge >= 0.3 is 6.03 Å². The monoisotopic (exact) mass is 417 g/mol. The van der Waals surface area contributed by atoms with E-state index in [0.29, 0.717) is 24.5 Å². The normalized spacial score (nSPS) is 15.0. The minimum Gasteiger partial charge on any atom is -0.322 e. The van der Waals surface area contributed by atoms with Crippen LogP contribution in [0, 0.1) is 5.82 Å². The van der Waals surface area contributed by atoms with Gasteiger partial charge in [-0.15, -0.1) is 0 Å². The minimum atomic E-state index is -0.576. The van der Waals surface area contributed by atoms with Crippen molar-refractivity contribution in [2.45, 2.75) is 19.4 Å². The van der Waals surface area contributed by atoms with Crippen LogP contribution in [0.2, 0.25) is 0 Å². The summed E-state index contributed by atoms with van der Waals surface area (Å²) in [4.78, 5) is 29.3. The van der Waals surface area contributed by atoms with Crippen molar-refractivity contribution in [2.75, 3.05) is 23.3 Å². The second kappa shape index (κ2) is 9.00. The van der Waals surface area contributed by atoms with Crippen molar-refractivity contribution in [3.05, 3.63) is 95.8 Å². The lowest BCUT2D eigenvalue weighted by Crippen LogP contribution is -2.50. The van der Waals surface area contributed by atoms with E-state index in [4.69, 9.17) is 0 Å². The summed E-state index contributed by atoms with van der Waals surface area (Å²) in [7, 11) is 0. The molecule has 1 heterocycles. The second-order valence-electron chi connectivity index (χ2n) is 7.55. The smallest absolute Gasteiger partial charge is 0.322 e. The fraction of sp³-hybridized carbons (Fsp3) is 0.200. The number of carbonyl (C=O) groups excluding carboxylic acids is 2. The van der Waals surface area contributed by atoms with Crippen LogP contribution >= 0.6 is 0 Å². The van der Waals surface area contributed by atoms with Crippen molar-refractivity contribution >= 4 is 23.3 Å². The molecule has 31 heavy (non-hydrogen) atoms. The second-order valence-corrected chi connectivity index (χ2v) is 7.55. The molecule has 1 fully saturated rings. The number of hydrogen-bond acceptors (Lipinski definition) is 2. The standard InChI is InChI=1S/C25H24FN3O2/c1-18(19-9-3-2-4-10-19)28-15-8-16-29(25(28)31)21-12-7-11-20(17-21)27-24(30)22-13-5-6-14-23(22)26/h2-7,9-14,17-18H,8,15-16H2,1H3,(H,27,30). The van der Waals surface area contributed by atoms with Crippen molar-refractivity contribution in [1.29, 1.82) is 0 Å². The molecule has 4 rings (SSSR count). The average Bonchev–Trinajstić information content (AvgIpc) is 2.80. The van der Waals surface area contributed by atoms with Crippen LogP contribution in [0.4, 0.5) is 20.6 Å². The first-order chi connectivity index (χ1) is 15.0. The van der Waals surface area contributed by atoms with Crippen molar-refractivity contribution < 1.29 is 14.0 Å². The van der Waals surface area contributed by atoms with Gasteiger partial charge < -0.3 is 10.2 Å². The van der Waals surface area contributed by atoms with E-state index in [-0.39, 0.29) is 17.6 Å². The van der Waals surface area contributed by atoms with Crippen LogP contribution in [0.1, 0.15) is 35.3 Å². The topological polar surface area (TPSA) is 52.6 Å². The molecule has 0 radical (unpaired) electrons. The first-order valence-electron chi connectivity index (χ1n) is 10.3. The van der Waals surface area contributed by atoms with E-state index >= 15 is 0 Å². The Morgan fingerprint density at radius 3 is 2.48 bits per heavy atom. The molecule has 1 atom stereocenters. The quantitative estimate of drug-likeness (QED) is 0.598. The summed E-state index contributed by atoms with van der Waals surface area (Å²) < 4.78 is 13.9. The van der Waals surface area contributed by atoms with Crippen LogP contribution in [0.3, 0.4) is 0 Å².